The molecule has 0 spiro atoms. The molecular weight excluding hydrogens is 336 g/mol. The molecular formula is C15H20N2O6S. The second kappa shape index (κ2) is 8.22. The Morgan fingerprint density at radius 3 is 2.46 bits per heavy atom. The largest absolute Gasteiger partial charge is 0.479 e. The van der Waals surface area contributed by atoms with Gasteiger partial charge in [0.15, 0.2) is 6.10 Å². The first kappa shape index (κ1) is 18.4. The highest BCUT2D eigenvalue weighted by atomic mass is 32.2. The molecule has 132 valence electrons. The average Bonchev–Trinajstić information content (AvgIpc) is 3.04. The number of sulfonamides is 1. The molecule has 2 rings (SSSR count). The molecule has 8 nitrogen and oxygen atoms in total. The highest BCUT2D eigenvalue weighted by Crippen LogP contribution is 2.19. The van der Waals surface area contributed by atoms with E-state index in [4.69, 9.17) is 9.84 Å². The Kier molecular flexibility index (Phi) is 6.29. The molecule has 2 atom stereocenters. The number of ether oxygens (including phenoxy) is 1. The lowest BCUT2D eigenvalue weighted by atomic mass is 10.2. The molecule has 1 fully saturated rings. The van der Waals surface area contributed by atoms with Gasteiger partial charge in [-0.1, -0.05) is 30.3 Å². The minimum Gasteiger partial charge on any atom is -0.479 e. The normalized spacial score (nSPS) is 20.7. The summed E-state index contributed by atoms with van der Waals surface area (Å²) in [7, 11) is -3.52. The first-order chi connectivity index (χ1) is 11.4. The van der Waals surface area contributed by atoms with Gasteiger partial charge < -0.3 is 15.2 Å². The van der Waals surface area contributed by atoms with Crippen LogP contribution in [0.5, 0.6) is 0 Å². The van der Waals surface area contributed by atoms with Crippen LogP contribution in [-0.4, -0.2) is 49.9 Å². The van der Waals surface area contributed by atoms with Gasteiger partial charge in [-0.3, -0.25) is 4.79 Å². The maximum atomic E-state index is 11.9. The van der Waals surface area contributed by atoms with Gasteiger partial charge in [-0.15, -0.1) is 0 Å². The van der Waals surface area contributed by atoms with E-state index in [9.17, 15) is 18.0 Å². The van der Waals surface area contributed by atoms with Crippen molar-refractivity contribution in [2.45, 2.75) is 31.6 Å². The molecule has 1 aliphatic heterocycles. The van der Waals surface area contributed by atoms with Crippen LogP contribution in [0, 0.1) is 0 Å². The number of rotatable bonds is 8. The molecule has 1 heterocycles. The van der Waals surface area contributed by atoms with Crippen molar-refractivity contribution in [3.63, 3.8) is 0 Å². The van der Waals surface area contributed by atoms with Crippen LogP contribution in [0.25, 0.3) is 0 Å². The number of carboxylic acids is 1. The second-order valence-corrected chi connectivity index (χ2v) is 7.37. The molecule has 0 unspecified atom stereocenters. The van der Waals surface area contributed by atoms with Crippen LogP contribution in [0.4, 0.5) is 0 Å². The van der Waals surface area contributed by atoms with E-state index in [1.54, 1.807) is 12.1 Å². The van der Waals surface area contributed by atoms with Crippen LogP contribution < -0.4 is 10.0 Å². The molecule has 1 aromatic rings. The summed E-state index contributed by atoms with van der Waals surface area (Å²) in [4.78, 5) is 22.6. The number of hydrogen-bond donors (Lipinski definition) is 3. The quantitative estimate of drug-likeness (QED) is 0.596. The molecule has 9 heteroatoms. The third-order valence-electron chi connectivity index (χ3n) is 3.60. The molecule has 0 aliphatic carbocycles. The molecule has 24 heavy (non-hydrogen) atoms. The lowest BCUT2D eigenvalue weighted by Gasteiger charge is -2.12. The fraction of sp³-hybridized carbons (Fsp3) is 0.467. The minimum absolute atomic E-state index is 0.0689. The lowest BCUT2D eigenvalue weighted by molar-refractivity contribution is -0.151. The van der Waals surface area contributed by atoms with E-state index in [2.05, 4.69) is 10.0 Å². The van der Waals surface area contributed by atoms with Crippen LogP contribution in [0.1, 0.15) is 18.4 Å². The Balaban J connectivity index is 1.71. The average molecular weight is 356 g/mol. The topological polar surface area (TPSA) is 122 Å². The number of benzene rings is 1. The Bertz CT molecular complexity index is 676. The highest BCUT2D eigenvalue weighted by Gasteiger charge is 2.34. The van der Waals surface area contributed by atoms with Crippen LogP contribution in [0.3, 0.4) is 0 Å². The third kappa shape index (κ3) is 5.59. The summed E-state index contributed by atoms with van der Waals surface area (Å²) >= 11 is 0. The van der Waals surface area contributed by atoms with Crippen molar-refractivity contribution in [3.05, 3.63) is 35.9 Å². The van der Waals surface area contributed by atoms with E-state index in [1.165, 1.54) is 0 Å². The molecule has 0 bridgehead atoms. The number of carbonyl (C=O) groups is 2. The van der Waals surface area contributed by atoms with Gasteiger partial charge in [-0.25, -0.2) is 17.9 Å². The van der Waals surface area contributed by atoms with Crippen molar-refractivity contribution in [3.8, 4) is 0 Å². The van der Waals surface area contributed by atoms with E-state index in [1.807, 2.05) is 18.2 Å². The van der Waals surface area contributed by atoms with Crippen LogP contribution >= 0.6 is 0 Å². The fourth-order valence-electron chi connectivity index (χ4n) is 2.30. The Hall–Kier alpha value is -1.97. The van der Waals surface area contributed by atoms with Crippen molar-refractivity contribution in [2.75, 3.05) is 12.3 Å². The van der Waals surface area contributed by atoms with E-state index < -0.39 is 34.1 Å². The molecule has 0 aromatic heterocycles. The lowest BCUT2D eigenvalue weighted by Crippen LogP contribution is -2.39. The molecule has 1 aromatic carbocycles. The third-order valence-corrected chi connectivity index (χ3v) is 4.92. The van der Waals surface area contributed by atoms with Gasteiger partial charge >= 0.3 is 5.97 Å². The van der Waals surface area contributed by atoms with Gasteiger partial charge in [0, 0.05) is 13.1 Å². The van der Waals surface area contributed by atoms with Crippen molar-refractivity contribution in [1.29, 1.82) is 0 Å². The summed E-state index contributed by atoms with van der Waals surface area (Å²) in [5, 5.41) is 11.3. The van der Waals surface area contributed by atoms with Crippen molar-refractivity contribution >= 4 is 21.9 Å². The summed E-state index contributed by atoms with van der Waals surface area (Å²) < 4.78 is 31.3. The molecule has 3 N–H and O–H groups in total. The maximum Gasteiger partial charge on any atom is 0.332 e. The van der Waals surface area contributed by atoms with E-state index >= 15 is 0 Å². The zero-order valence-corrected chi connectivity index (χ0v) is 13.8. The van der Waals surface area contributed by atoms with Crippen LogP contribution in [0.2, 0.25) is 0 Å². The molecule has 0 saturated carbocycles. The monoisotopic (exact) mass is 356 g/mol. The summed E-state index contributed by atoms with van der Waals surface area (Å²) in [5.74, 6) is -1.85. The van der Waals surface area contributed by atoms with Gasteiger partial charge in [0.2, 0.25) is 15.9 Å². The predicted octanol–water partition coefficient (Wildman–Crippen LogP) is -0.146. The van der Waals surface area contributed by atoms with Crippen molar-refractivity contribution in [1.82, 2.24) is 10.0 Å². The Morgan fingerprint density at radius 1 is 1.17 bits per heavy atom. The van der Waals surface area contributed by atoms with E-state index in [0.717, 1.165) is 5.56 Å². The fourth-order valence-corrected chi connectivity index (χ4v) is 3.20. The Morgan fingerprint density at radius 2 is 1.83 bits per heavy atom. The number of aliphatic carboxylic acids is 1. The predicted molar refractivity (Wildman–Crippen MR) is 85.6 cm³/mol. The molecule has 1 aliphatic rings. The van der Waals surface area contributed by atoms with Gasteiger partial charge in [0.1, 0.15) is 6.10 Å². The van der Waals surface area contributed by atoms with Gasteiger partial charge in [-0.2, -0.15) is 0 Å². The van der Waals surface area contributed by atoms with Gasteiger partial charge in [0.25, 0.3) is 0 Å². The number of hydrogen-bond acceptors (Lipinski definition) is 5. The summed E-state index contributed by atoms with van der Waals surface area (Å²) in [6.07, 6.45) is -1.24. The number of amides is 1. The van der Waals surface area contributed by atoms with Crippen LogP contribution in [0.15, 0.2) is 30.3 Å². The maximum absolute atomic E-state index is 11.9. The number of nitrogens with one attached hydrogen (secondary N) is 2. The molecule has 1 saturated heterocycles. The minimum atomic E-state index is -3.52. The smallest absolute Gasteiger partial charge is 0.332 e. The zero-order valence-electron chi connectivity index (χ0n) is 13.0. The second-order valence-electron chi connectivity index (χ2n) is 5.45. The first-order valence-corrected chi connectivity index (χ1v) is 9.20. The summed E-state index contributed by atoms with van der Waals surface area (Å²) in [5.41, 5.74) is 0.837. The number of carboxylic acid groups (broad SMARTS) is 1. The Labute approximate surface area is 140 Å². The van der Waals surface area contributed by atoms with Gasteiger partial charge in [-0.05, 0) is 18.4 Å². The van der Waals surface area contributed by atoms with Crippen molar-refractivity contribution in [2.24, 2.45) is 0 Å². The summed E-state index contributed by atoms with van der Waals surface area (Å²) in [6.45, 7) is 0.115. The number of carbonyl (C=O) groups excluding carboxylic acids is 1. The standard InChI is InChI=1S/C15H20N2O6S/c18-14(12-6-7-13(23-12)15(19)20)16-8-9-24(21,22)17-10-11-4-2-1-3-5-11/h1-5,12-13,17H,6-10H2,(H,16,18)(H,19,20)/t12-,13+/m0/s1. The van der Waals surface area contributed by atoms with E-state index in [-0.39, 0.29) is 25.3 Å². The van der Waals surface area contributed by atoms with Gasteiger partial charge in [0.05, 0.1) is 5.75 Å². The van der Waals surface area contributed by atoms with E-state index in [0.29, 0.717) is 6.42 Å². The SMILES string of the molecule is O=C(NCCS(=O)(=O)NCc1ccccc1)[C@@H]1CC[C@H](C(=O)O)O1. The summed E-state index contributed by atoms with van der Waals surface area (Å²) in [6, 6.07) is 9.08. The molecule has 0 radical (unpaired) electrons. The zero-order chi connectivity index (χ0) is 17.6. The van der Waals surface area contributed by atoms with Crippen LogP contribution in [-0.2, 0) is 30.9 Å². The van der Waals surface area contributed by atoms with Crippen molar-refractivity contribution < 1.29 is 27.9 Å². The first-order valence-electron chi connectivity index (χ1n) is 7.54. The molecule has 1 amide bonds. The highest BCUT2D eigenvalue weighted by molar-refractivity contribution is 7.89.